The minimum atomic E-state index is -1.20. The van der Waals surface area contributed by atoms with Gasteiger partial charge in [-0.2, -0.15) is 10.5 Å². The lowest BCUT2D eigenvalue weighted by atomic mass is 9.92. The number of furan rings is 1. The van der Waals surface area contributed by atoms with E-state index in [4.69, 9.17) is 19.2 Å². The Bertz CT molecular complexity index is 769. The normalized spacial score (nSPS) is 18.3. The van der Waals surface area contributed by atoms with Crippen LogP contribution in [0, 0.1) is 22.7 Å². The number of nitriles is 2. The maximum atomic E-state index is 12.1. The molecular formula is C17H16N2O4. The Labute approximate surface area is 134 Å². The van der Waals surface area contributed by atoms with Gasteiger partial charge in [0, 0.05) is 11.6 Å². The van der Waals surface area contributed by atoms with Gasteiger partial charge in [0.1, 0.15) is 17.2 Å². The molecule has 0 atom stereocenters. The zero-order chi connectivity index (χ0) is 17.3. The molecule has 0 amide bonds. The lowest BCUT2D eigenvalue weighted by Gasteiger charge is -2.29. The van der Waals surface area contributed by atoms with Gasteiger partial charge in [0.2, 0.25) is 5.76 Å². The van der Waals surface area contributed by atoms with Gasteiger partial charge in [-0.15, -0.1) is 0 Å². The van der Waals surface area contributed by atoms with Gasteiger partial charge >= 0.3 is 5.97 Å². The van der Waals surface area contributed by atoms with Crippen LogP contribution in [0.3, 0.4) is 0 Å². The number of hydrogen-bond acceptors (Lipinski definition) is 6. The second kappa shape index (κ2) is 5.66. The van der Waals surface area contributed by atoms with Gasteiger partial charge in [0.05, 0.1) is 12.3 Å². The molecular weight excluding hydrogens is 296 g/mol. The fourth-order valence-electron chi connectivity index (χ4n) is 2.35. The zero-order valence-electron chi connectivity index (χ0n) is 13.3. The van der Waals surface area contributed by atoms with E-state index in [1.165, 1.54) is 18.4 Å². The summed E-state index contributed by atoms with van der Waals surface area (Å²) in [5.74, 6) is -0.391. The van der Waals surface area contributed by atoms with Crippen LogP contribution in [0.1, 0.15) is 38.2 Å². The van der Waals surface area contributed by atoms with Crippen LogP contribution < -0.4 is 0 Å². The van der Waals surface area contributed by atoms with E-state index in [0.717, 1.165) is 0 Å². The first kappa shape index (κ1) is 16.4. The number of rotatable bonds is 3. The van der Waals surface area contributed by atoms with Crippen molar-refractivity contribution in [1.29, 1.82) is 10.5 Å². The Morgan fingerprint density at radius 3 is 2.61 bits per heavy atom. The zero-order valence-corrected chi connectivity index (χ0v) is 13.3. The minimum absolute atomic E-state index is 0.0576. The molecule has 0 saturated carbocycles. The molecule has 6 heteroatoms. The van der Waals surface area contributed by atoms with Crippen LogP contribution in [-0.4, -0.2) is 17.2 Å². The van der Waals surface area contributed by atoms with Crippen LogP contribution in [-0.2, 0) is 9.47 Å². The summed E-state index contributed by atoms with van der Waals surface area (Å²) in [7, 11) is 0. The molecule has 1 aromatic rings. The van der Waals surface area contributed by atoms with E-state index < -0.39 is 17.2 Å². The van der Waals surface area contributed by atoms with Crippen LogP contribution in [0.2, 0.25) is 0 Å². The Morgan fingerprint density at radius 2 is 2.09 bits per heavy atom. The maximum absolute atomic E-state index is 12.1. The number of allylic oxidation sites excluding steroid dienone is 1. The van der Waals surface area contributed by atoms with Crippen molar-refractivity contribution in [1.82, 2.24) is 0 Å². The van der Waals surface area contributed by atoms with Crippen molar-refractivity contribution in [2.45, 2.75) is 38.9 Å². The Hall–Kier alpha value is -2.99. The smallest absolute Gasteiger partial charge is 0.375 e. The number of hydrogen-bond donors (Lipinski definition) is 0. The van der Waals surface area contributed by atoms with Crippen LogP contribution in [0.5, 0.6) is 0 Å². The highest BCUT2D eigenvalue weighted by atomic mass is 16.6. The van der Waals surface area contributed by atoms with Gasteiger partial charge < -0.3 is 13.9 Å². The standard InChI is InChI=1S/C17H16N2O4/c1-16(2)12(7-8-18)11(10-19)14(22-16)17(3,4)23-15(20)13-6-5-9-21-13/h5-7,9H,1-4H3/b12-7-. The highest BCUT2D eigenvalue weighted by Gasteiger charge is 2.46. The van der Waals surface area contributed by atoms with Crippen molar-refractivity contribution in [2.75, 3.05) is 0 Å². The van der Waals surface area contributed by atoms with Gasteiger partial charge in [-0.1, -0.05) is 0 Å². The molecule has 23 heavy (non-hydrogen) atoms. The largest absolute Gasteiger partial charge is 0.482 e. The van der Waals surface area contributed by atoms with E-state index in [-0.39, 0.29) is 17.1 Å². The summed E-state index contributed by atoms with van der Waals surface area (Å²) in [6.07, 6.45) is 2.64. The molecule has 0 radical (unpaired) electrons. The molecule has 0 unspecified atom stereocenters. The molecule has 1 aromatic heterocycles. The first-order chi connectivity index (χ1) is 10.7. The molecule has 0 fully saturated rings. The summed E-state index contributed by atoms with van der Waals surface area (Å²) in [5.41, 5.74) is -1.39. The van der Waals surface area contributed by atoms with E-state index in [0.29, 0.717) is 5.57 Å². The van der Waals surface area contributed by atoms with E-state index in [1.807, 2.05) is 12.1 Å². The topological polar surface area (TPSA) is 96.2 Å². The predicted octanol–water partition coefficient (Wildman–Crippen LogP) is 3.25. The number of ether oxygens (including phenoxy) is 2. The van der Waals surface area contributed by atoms with Crippen molar-refractivity contribution < 1.29 is 18.7 Å². The van der Waals surface area contributed by atoms with Crippen molar-refractivity contribution >= 4 is 5.97 Å². The minimum Gasteiger partial charge on any atom is -0.482 e. The summed E-state index contributed by atoms with van der Waals surface area (Å²) in [4.78, 5) is 12.1. The van der Waals surface area contributed by atoms with Gasteiger partial charge in [0.25, 0.3) is 0 Å². The number of esters is 1. The van der Waals surface area contributed by atoms with Crippen LogP contribution in [0.25, 0.3) is 0 Å². The van der Waals surface area contributed by atoms with Crippen molar-refractivity contribution in [3.63, 3.8) is 0 Å². The van der Waals surface area contributed by atoms with Crippen LogP contribution in [0.15, 0.2) is 45.8 Å². The van der Waals surface area contributed by atoms with Gasteiger partial charge in [0.15, 0.2) is 11.4 Å². The Balaban J connectivity index is 2.40. The second-order valence-electron chi connectivity index (χ2n) is 5.99. The Kier molecular flexibility index (Phi) is 4.03. The monoisotopic (exact) mass is 312 g/mol. The highest BCUT2D eigenvalue weighted by Crippen LogP contribution is 2.43. The van der Waals surface area contributed by atoms with E-state index >= 15 is 0 Å². The fourth-order valence-corrected chi connectivity index (χ4v) is 2.35. The average Bonchev–Trinajstić information content (AvgIpc) is 3.06. The molecule has 2 rings (SSSR count). The fraction of sp³-hybridized carbons (Fsp3) is 0.353. The molecule has 0 aromatic carbocycles. The average molecular weight is 312 g/mol. The van der Waals surface area contributed by atoms with E-state index in [9.17, 15) is 10.1 Å². The summed E-state index contributed by atoms with van der Waals surface area (Å²) < 4.78 is 16.3. The van der Waals surface area contributed by atoms with Crippen molar-refractivity contribution in [2.24, 2.45) is 0 Å². The number of nitrogens with zero attached hydrogens (tertiary/aromatic N) is 2. The molecule has 0 aliphatic carbocycles. The lowest BCUT2D eigenvalue weighted by Crippen LogP contribution is -2.33. The summed E-state index contributed by atoms with van der Waals surface area (Å²) >= 11 is 0. The maximum Gasteiger partial charge on any atom is 0.375 e. The third kappa shape index (κ3) is 2.97. The highest BCUT2D eigenvalue weighted by molar-refractivity contribution is 5.86. The van der Waals surface area contributed by atoms with Crippen LogP contribution in [0.4, 0.5) is 0 Å². The van der Waals surface area contributed by atoms with Gasteiger partial charge in [-0.05, 0) is 39.8 Å². The third-order valence-corrected chi connectivity index (χ3v) is 3.44. The number of carbonyl (C=O) groups excluding carboxylic acids is 1. The lowest BCUT2D eigenvalue weighted by molar-refractivity contribution is -0.0314. The molecule has 1 aliphatic heterocycles. The summed E-state index contributed by atoms with van der Waals surface area (Å²) in [5, 5.41) is 18.4. The molecule has 0 bridgehead atoms. The van der Waals surface area contributed by atoms with Crippen molar-refractivity contribution in [3.05, 3.63) is 47.1 Å². The van der Waals surface area contributed by atoms with Crippen molar-refractivity contribution in [3.8, 4) is 12.1 Å². The summed E-state index contributed by atoms with van der Waals surface area (Å²) in [6, 6.07) is 7.01. The first-order valence-electron chi connectivity index (χ1n) is 6.94. The molecule has 0 saturated heterocycles. The van der Waals surface area contributed by atoms with E-state index in [2.05, 4.69) is 0 Å². The van der Waals surface area contributed by atoms with Gasteiger partial charge in [-0.3, -0.25) is 0 Å². The molecule has 6 nitrogen and oxygen atoms in total. The Morgan fingerprint density at radius 1 is 1.39 bits per heavy atom. The first-order valence-corrected chi connectivity index (χ1v) is 6.94. The molecule has 1 aliphatic rings. The summed E-state index contributed by atoms with van der Waals surface area (Å²) in [6.45, 7) is 6.72. The quantitative estimate of drug-likeness (QED) is 0.628. The van der Waals surface area contributed by atoms with Crippen LogP contribution >= 0.6 is 0 Å². The second-order valence-corrected chi connectivity index (χ2v) is 5.99. The molecule has 0 N–H and O–H groups in total. The number of carbonyl (C=O) groups is 1. The molecule has 2 heterocycles. The van der Waals surface area contributed by atoms with Gasteiger partial charge in [-0.25, -0.2) is 4.79 Å². The van der Waals surface area contributed by atoms with E-state index in [1.54, 1.807) is 33.8 Å². The molecule has 118 valence electrons. The SMILES string of the molecule is CC(C)(OC(=O)c1ccco1)C1=C(C#N)/C(=C/C#N)C(C)(C)O1. The molecule has 0 spiro atoms. The predicted molar refractivity (Wildman–Crippen MR) is 79.7 cm³/mol. The third-order valence-electron chi connectivity index (χ3n) is 3.44.